The number of nitrogens with one attached hydrogen (secondary N) is 1. The predicted octanol–water partition coefficient (Wildman–Crippen LogP) is 4.92. The largest absolute Gasteiger partial charge is 0.491 e. The molecule has 1 fully saturated rings. The van der Waals surface area contributed by atoms with Gasteiger partial charge in [0.2, 0.25) is 0 Å². The summed E-state index contributed by atoms with van der Waals surface area (Å²) in [6.07, 6.45) is 2.74. The molecule has 3 aromatic rings. The van der Waals surface area contributed by atoms with Crippen LogP contribution in [0, 0.1) is 32.6 Å². The van der Waals surface area contributed by atoms with E-state index in [-0.39, 0.29) is 6.61 Å². The first-order chi connectivity index (χ1) is 16.3. The van der Waals surface area contributed by atoms with Crippen molar-refractivity contribution in [2.75, 3.05) is 20.2 Å². The summed E-state index contributed by atoms with van der Waals surface area (Å²) < 4.78 is 11.3. The monoisotopic (exact) mass is 484 g/mol. The maximum atomic E-state index is 9.99. The summed E-state index contributed by atoms with van der Waals surface area (Å²) in [5.41, 5.74) is 5.31. The van der Waals surface area contributed by atoms with Crippen molar-refractivity contribution in [3.63, 3.8) is 0 Å². The average molecular weight is 485 g/mol. The van der Waals surface area contributed by atoms with Crippen molar-refractivity contribution in [1.29, 1.82) is 0 Å². The van der Waals surface area contributed by atoms with Crippen LogP contribution in [0.5, 0.6) is 5.75 Å². The highest BCUT2D eigenvalue weighted by molar-refractivity contribution is 6.33. The van der Waals surface area contributed by atoms with Crippen molar-refractivity contribution in [2.24, 2.45) is 11.8 Å². The van der Waals surface area contributed by atoms with Gasteiger partial charge in [-0.15, -0.1) is 0 Å². The molecule has 7 nitrogen and oxygen atoms in total. The molecular weight excluding hydrogens is 452 g/mol. The molecule has 1 atom stereocenters. The lowest BCUT2D eigenvalue weighted by Gasteiger charge is -2.33. The lowest BCUT2D eigenvalue weighted by molar-refractivity contribution is 0.108. The number of aromatic nitrogens is 3. The first kappa shape index (κ1) is 24.6. The van der Waals surface area contributed by atoms with Crippen LogP contribution in [0.1, 0.15) is 42.5 Å². The zero-order chi connectivity index (χ0) is 24.4. The molecule has 34 heavy (non-hydrogen) atoms. The van der Waals surface area contributed by atoms with E-state index in [1.165, 1.54) is 12.8 Å². The molecule has 182 valence electrons. The number of ether oxygens (including phenoxy) is 1. The van der Waals surface area contributed by atoms with Gasteiger partial charge in [0.1, 0.15) is 24.2 Å². The first-order valence-corrected chi connectivity index (χ1v) is 12.2. The second-order valence-corrected chi connectivity index (χ2v) is 9.88. The molecule has 0 saturated heterocycles. The molecule has 0 spiro atoms. The highest BCUT2D eigenvalue weighted by atomic mass is 35.5. The number of hydrogen-bond donors (Lipinski definition) is 2. The van der Waals surface area contributed by atoms with Gasteiger partial charge in [-0.2, -0.15) is 0 Å². The van der Waals surface area contributed by atoms with E-state index in [1.54, 1.807) is 19.2 Å². The molecule has 2 N–H and O–H groups in total. The van der Waals surface area contributed by atoms with Gasteiger partial charge in [-0.3, -0.25) is 0 Å². The Kier molecular flexibility index (Phi) is 7.55. The van der Waals surface area contributed by atoms with Crippen molar-refractivity contribution in [1.82, 2.24) is 20.4 Å². The summed E-state index contributed by atoms with van der Waals surface area (Å²) in [4.78, 5) is 9.93. The van der Waals surface area contributed by atoms with E-state index in [0.29, 0.717) is 34.6 Å². The number of aliphatic hydroxyl groups is 1. The van der Waals surface area contributed by atoms with Crippen molar-refractivity contribution in [2.45, 2.75) is 53.1 Å². The van der Waals surface area contributed by atoms with Crippen LogP contribution in [0.3, 0.4) is 0 Å². The molecule has 0 bridgehead atoms. The summed E-state index contributed by atoms with van der Waals surface area (Å²) in [5, 5.41) is 17.6. The summed E-state index contributed by atoms with van der Waals surface area (Å²) in [7, 11) is 1.79. The Morgan fingerprint density at radius 3 is 2.65 bits per heavy atom. The minimum atomic E-state index is -0.609. The number of benzene rings is 1. The number of rotatable bonds is 9. The summed E-state index contributed by atoms with van der Waals surface area (Å²) in [5.74, 6) is 3.29. The molecule has 1 aromatic carbocycles. The minimum Gasteiger partial charge on any atom is -0.491 e. The van der Waals surface area contributed by atoms with Gasteiger partial charge in [-0.1, -0.05) is 23.7 Å². The standard InChI is InChI=1S/C26H33ClN4O3/c1-14-8-18(9-14)10-23-15(2)25(24-16(3)31-34-17(24)4)30-26(29-23)21-11-20(6-7-22(21)27)33-13-19(32)12-28-5/h6-7,11,14,18-19,28,32H,8-10,12-13H2,1-5H3/t14?,18?,19-/m1/s1. The molecular formula is C26H33ClN4O3. The molecule has 0 amide bonds. The number of likely N-dealkylation sites (N-methyl/N-ethyl adjacent to an activating group) is 1. The van der Waals surface area contributed by atoms with Gasteiger partial charge in [0.05, 0.1) is 22.0 Å². The fraction of sp³-hybridized carbons (Fsp3) is 0.500. The Morgan fingerprint density at radius 2 is 2.00 bits per heavy atom. The molecule has 0 unspecified atom stereocenters. The maximum absolute atomic E-state index is 9.99. The minimum absolute atomic E-state index is 0.173. The Morgan fingerprint density at radius 1 is 1.24 bits per heavy atom. The highest BCUT2D eigenvalue weighted by Crippen LogP contribution is 2.39. The number of aryl methyl sites for hydroxylation is 2. The zero-order valence-corrected chi connectivity index (χ0v) is 21.2. The average Bonchev–Trinajstić information content (AvgIpc) is 3.11. The molecule has 1 aliphatic carbocycles. The van der Waals surface area contributed by atoms with Crippen LogP contribution in [0.15, 0.2) is 22.7 Å². The van der Waals surface area contributed by atoms with Crippen molar-refractivity contribution in [3.05, 3.63) is 45.9 Å². The van der Waals surface area contributed by atoms with Gasteiger partial charge in [0.25, 0.3) is 0 Å². The van der Waals surface area contributed by atoms with Gasteiger partial charge in [0.15, 0.2) is 5.82 Å². The normalized spacial score (nSPS) is 18.6. The van der Waals surface area contributed by atoms with Crippen molar-refractivity contribution >= 4 is 11.6 Å². The Balaban J connectivity index is 1.75. The Hall–Kier alpha value is -2.48. The van der Waals surface area contributed by atoms with E-state index in [4.69, 9.17) is 30.8 Å². The molecule has 8 heteroatoms. The number of aliphatic hydroxyl groups excluding tert-OH is 1. The molecule has 4 rings (SSSR count). The Labute approximate surface area is 205 Å². The van der Waals surface area contributed by atoms with Crippen LogP contribution in [0.4, 0.5) is 0 Å². The third kappa shape index (κ3) is 5.27. The van der Waals surface area contributed by atoms with Crippen LogP contribution in [-0.2, 0) is 6.42 Å². The quantitative estimate of drug-likeness (QED) is 0.445. The fourth-order valence-corrected chi connectivity index (χ4v) is 4.91. The van der Waals surface area contributed by atoms with Crippen LogP contribution < -0.4 is 10.1 Å². The van der Waals surface area contributed by atoms with E-state index in [9.17, 15) is 5.11 Å². The van der Waals surface area contributed by atoms with E-state index >= 15 is 0 Å². The van der Waals surface area contributed by atoms with Crippen molar-refractivity contribution in [3.8, 4) is 28.4 Å². The van der Waals surface area contributed by atoms with E-state index in [1.807, 2.05) is 19.9 Å². The van der Waals surface area contributed by atoms with Gasteiger partial charge >= 0.3 is 0 Å². The molecule has 1 aliphatic rings. The molecule has 2 heterocycles. The van der Waals surface area contributed by atoms with Gasteiger partial charge in [-0.05, 0) is 82.7 Å². The van der Waals surface area contributed by atoms with E-state index in [0.717, 1.165) is 46.3 Å². The van der Waals surface area contributed by atoms with Crippen LogP contribution in [0.25, 0.3) is 22.6 Å². The van der Waals surface area contributed by atoms with E-state index in [2.05, 4.69) is 24.3 Å². The van der Waals surface area contributed by atoms with Gasteiger partial charge in [0, 0.05) is 17.8 Å². The third-order valence-corrected chi connectivity index (χ3v) is 6.86. The third-order valence-electron chi connectivity index (χ3n) is 6.53. The summed E-state index contributed by atoms with van der Waals surface area (Å²) in [6.45, 7) is 8.83. The van der Waals surface area contributed by atoms with Gasteiger partial charge < -0.3 is 19.7 Å². The number of hydrogen-bond acceptors (Lipinski definition) is 7. The van der Waals surface area contributed by atoms with Gasteiger partial charge in [-0.25, -0.2) is 9.97 Å². The first-order valence-electron chi connectivity index (χ1n) is 11.8. The lowest BCUT2D eigenvalue weighted by atomic mass is 9.73. The van der Waals surface area contributed by atoms with Crippen LogP contribution in [0.2, 0.25) is 5.02 Å². The zero-order valence-electron chi connectivity index (χ0n) is 20.5. The molecule has 0 radical (unpaired) electrons. The number of halogens is 1. The Bertz CT molecular complexity index is 1140. The highest BCUT2D eigenvalue weighted by Gasteiger charge is 2.28. The second kappa shape index (κ2) is 10.4. The fourth-order valence-electron chi connectivity index (χ4n) is 4.71. The summed E-state index contributed by atoms with van der Waals surface area (Å²) >= 11 is 6.61. The number of nitrogens with zero attached hydrogens (tertiary/aromatic N) is 3. The maximum Gasteiger partial charge on any atom is 0.161 e. The van der Waals surface area contributed by atoms with Crippen LogP contribution >= 0.6 is 11.6 Å². The smallest absolute Gasteiger partial charge is 0.161 e. The topological polar surface area (TPSA) is 93.3 Å². The molecule has 2 aromatic heterocycles. The molecule has 0 aliphatic heterocycles. The van der Waals surface area contributed by atoms with E-state index < -0.39 is 6.10 Å². The van der Waals surface area contributed by atoms with Crippen molar-refractivity contribution < 1.29 is 14.4 Å². The predicted molar refractivity (Wildman–Crippen MR) is 133 cm³/mol. The summed E-state index contributed by atoms with van der Waals surface area (Å²) in [6, 6.07) is 5.41. The molecule has 1 saturated carbocycles. The second-order valence-electron chi connectivity index (χ2n) is 9.48. The van der Waals surface area contributed by atoms with Crippen LogP contribution in [-0.4, -0.2) is 46.5 Å². The SMILES string of the molecule is CNC[C@@H](O)COc1ccc(Cl)c(-c2nc(CC3CC(C)C3)c(C)c(-c3c(C)noc3C)n2)c1. The lowest BCUT2D eigenvalue weighted by Crippen LogP contribution is -2.29.